The lowest BCUT2D eigenvalue weighted by Crippen LogP contribution is -2.43. The maximum absolute atomic E-state index is 13.3. The molecule has 0 saturated heterocycles. The summed E-state index contributed by atoms with van der Waals surface area (Å²) in [7, 11) is 0. The number of aromatic nitrogens is 1. The number of carbonyl (C=O) groups excluding carboxylic acids is 1. The number of ether oxygens (including phenoxy) is 1. The lowest BCUT2D eigenvalue weighted by molar-refractivity contribution is -0.139. The first kappa shape index (κ1) is 19.9. The SMILES string of the molecule is CC(C)(C)OC(=O)NC(CC#Cc1ccc(F)c(C=NO)n1)C(=O)O. The van der Waals surface area contributed by atoms with Crippen LogP contribution in [0, 0.1) is 17.7 Å². The molecular formula is C16H18FN3O5. The first-order chi connectivity index (χ1) is 11.6. The van der Waals surface area contributed by atoms with Gasteiger partial charge in [-0.05, 0) is 38.8 Å². The number of pyridine rings is 1. The molecule has 1 atom stereocenters. The van der Waals surface area contributed by atoms with Gasteiger partial charge in [-0.3, -0.25) is 0 Å². The van der Waals surface area contributed by atoms with Crippen molar-refractivity contribution in [3.05, 3.63) is 29.3 Å². The summed E-state index contributed by atoms with van der Waals surface area (Å²) in [5, 5.41) is 22.4. The van der Waals surface area contributed by atoms with Crippen LogP contribution in [0.4, 0.5) is 9.18 Å². The number of hydrogen-bond acceptors (Lipinski definition) is 6. The van der Waals surface area contributed by atoms with Crippen LogP contribution in [0.5, 0.6) is 0 Å². The molecule has 134 valence electrons. The van der Waals surface area contributed by atoms with Gasteiger partial charge in [-0.1, -0.05) is 11.1 Å². The lowest BCUT2D eigenvalue weighted by Gasteiger charge is -2.21. The number of nitrogens with zero attached hydrogens (tertiary/aromatic N) is 2. The van der Waals surface area contributed by atoms with Crippen molar-refractivity contribution in [2.24, 2.45) is 5.16 Å². The average Bonchev–Trinajstić information content (AvgIpc) is 2.47. The van der Waals surface area contributed by atoms with Crippen LogP contribution < -0.4 is 5.32 Å². The molecule has 1 unspecified atom stereocenters. The quantitative estimate of drug-likeness (QED) is 0.329. The Labute approximate surface area is 143 Å². The van der Waals surface area contributed by atoms with Gasteiger partial charge < -0.3 is 20.4 Å². The topological polar surface area (TPSA) is 121 Å². The highest BCUT2D eigenvalue weighted by atomic mass is 19.1. The number of hydrogen-bond donors (Lipinski definition) is 3. The van der Waals surface area contributed by atoms with E-state index < -0.39 is 29.5 Å². The summed E-state index contributed by atoms with van der Waals surface area (Å²) in [5.41, 5.74) is -0.824. The van der Waals surface area contributed by atoms with Gasteiger partial charge in [0.15, 0.2) is 5.82 Å². The zero-order valence-corrected chi connectivity index (χ0v) is 13.9. The number of halogens is 1. The van der Waals surface area contributed by atoms with Crippen molar-refractivity contribution in [3.8, 4) is 11.8 Å². The van der Waals surface area contributed by atoms with E-state index in [1.807, 2.05) is 0 Å². The lowest BCUT2D eigenvalue weighted by atomic mass is 10.2. The number of rotatable bonds is 4. The molecule has 0 bridgehead atoms. The van der Waals surface area contributed by atoms with E-state index in [-0.39, 0.29) is 17.8 Å². The standard InChI is InChI=1S/C16H18FN3O5/c1-16(2,3)25-15(23)20-12(14(21)22)6-4-5-10-7-8-11(17)13(19-10)9-18-24/h7-9,12,24H,6H2,1-3H3,(H,20,23)(H,21,22). The highest BCUT2D eigenvalue weighted by Crippen LogP contribution is 2.07. The van der Waals surface area contributed by atoms with Crippen molar-refractivity contribution in [2.45, 2.75) is 38.8 Å². The van der Waals surface area contributed by atoms with Gasteiger partial charge in [-0.15, -0.1) is 0 Å². The van der Waals surface area contributed by atoms with Gasteiger partial charge in [0.25, 0.3) is 0 Å². The molecule has 0 aromatic carbocycles. The van der Waals surface area contributed by atoms with Crippen LogP contribution in [0.3, 0.4) is 0 Å². The van der Waals surface area contributed by atoms with Crippen LogP contribution in [0.15, 0.2) is 17.3 Å². The van der Waals surface area contributed by atoms with E-state index in [0.717, 1.165) is 12.3 Å². The van der Waals surface area contributed by atoms with E-state index in [2.05, 4.69) is 27.3 Å². The Hall–Kier alpha value is -3.15. The van der Waals surface area contributed by atoms with Crippen molar-refractivity contribution in [3.63, 3.8) is 0 Å². The van der Waals surface area contributed by atoms with Gasteiger partial charge >= 0.3 is 12.1 Å². The molecule has 0 spiro atoms. The summed E-state index contributed by atoms with van der Waals surface area (Å²) in [6.07, 6.45) is -0.273. The van der Waals surface area contributed by atoms with Crippen molar-refractivity contribution < 1.29 is 29.0 Å². The predicted octanol–water partition coefficient (Wildman–Crippen LogP) is 1.75. The van der Waals surface area contributed by atoms with E-state index in [1.54, 1.807) is 20.8 Å². The monoisotopic (exact) mass is 351 g/mol. The molecule has 0 fully saturated rings. The normalized spacial score (nSPS) is 12.2. The van der Waals surface area contributed by atoms with E-state index in [4.69, 9.17) is 15.1 Å². The molecule has 1 aromatic rings. The van der Waals surface area contributed by atoms with Crippen LogP contribution in [0.25, 0.3) is 0 Å². The van der Waals surface area contributed by atoms with E-state index in [1.165, 1.54) is 6.07 Å². The molecule has 0 saturated carbocycles. The number of carboxylic acid groups (broad SMARTS) is 1. The minimum Gasteiger partial charge on any atom is -0.480 e. The zero-order valence-electron chi connectivity index (χ0n) is 13.9. The molecule has 8 nitrogen and oxygen atoms in total. The van der Waals surface area contributed by atoms with E-state index in [0.29, 0.717) is 0 Å². The third-order valence-corrected chi connectivity index (χ3v) is 2.56. The number of oxime groups is 1. The van der Waals surface area contributed by atoms with Crippen LogP contribution >= 0.6 is 0 Å². The Morgan fingerprint density at radius 1 is 1.48 bits per heavy atom. The first-order valence-corrected chi connectivity index (χ1v) is 7.17. The molecule has 3 N–H and O–H groups in total. The second-order valence-electron chi connectivity index (χ2n) is 5.85. The Bertz CT molecular complexity index is 732. The third kappa shape index (κ3) is 7.30. The molecule has 0 aliphatic carbocycles. The number of carboxylic acids is 1. The maximum Gasteiger partial charge on any atom is 0.408 e. The molecule has 1 aromatic heterocycles. The molecule has 1 amide bonds. The second-order valence-corrected chi connectivity index (χ2v) is 5.85. The number of carbonyl (C=O) groups is 2. The van der Waals surface area contributed by atoms with Crippen molar-refractivity contribution in [2.75, 3.05) is 0 Å². The zero-order chi connectivity index (χ0) is 19.0. The van der Waals surface area contributed by atoms with E-state index >= 15 is 0 Å². The Kier molecular flexibility index (Phi) is 6.87. The Morgan fingerprint density at radius 3 is 2.72 bits per heavy atom. The number of aliphatic carboxylic acids is 1. The summed E-state index contributed by atoms with van der Waals surface area (Å²) in [6.45, 7) is 4.95. The number of amides is 1. The molecule has 9 heteroatoms. The smallest absolute Gasteiger partial charge is 0.408 e. The average molecular weight is 351 g/mol. The fourth-order valence-corrected chi connectivity index (χ4v) is 1.57. The highest BCUT2D eigenvalue weighted by Gasteiger charge is 2.23. The van der Waals surface area contributed by atoms with Gasteiger partial charge in [-0.2, -0.15) is 0 Å². The van der Waals surface area contributed by atoms with E-state index in [9.17, 15) is 14.0 Å². The fraction of sp³-hybridized carbons (Fsp3) is 0.375. The minimum absolute atomic E-state index is 0.151. The first-order valence-electron chi connectivity index (χ1n) is 7.17. The molecule has 1 heterocycles. The van der Waals surface area contributed by atoms with Gasteiger partial charge in [-0.25, -0.2) is 19.0 Å². The van der Waals surface area contributed by atoms with Crippen LogP contribution in [-0.2, 0) is 9.53 Å². The van der Waals surface area contributed by atoms with Crippen molar-refractivity contribution in [1.29, 1.82) is 0 Å². The van der Waals surface area contributed by atoms with Gasteiger partial charge in [0, 0.05) is 6.42 Å². The summed E-state index contributed by atoms with van der Waals surface area (Å²) >= 11 is 0. The molecule has 25 heavy (non-hydrogen) atoms. The van der Waals surface area contributed by atoms with Crippen LogP contribution in [-0.4, -0.2) is 45.2 Å². The van der Waals surface area contributed by atoms with Crippen molar-refractivity contribution in [1.82, 2.24) is 10.3 Å². The summed E-state index contributed by atoms with van der Waals surface area (Å²) in [6, 6.07) is 1.09. The number of alkyl carbamates (subject to hydrolysis) is 1. The van der Waals surface area contributed by atoms with Gasteiger partial charge in [0.1, 0.15) is 23.0 Å². The largest absolute Gasteiger partial charge is 0.480 e. The summed E-state index contributed by atoms with van der Waals surface area (Å²) in [5.74, 6) is 3.12. The summed E-state index contributed by atoms with van der Waals surface area (Å²) < 4.78 is 18.3. The van der Waals surface area contributed by atoms with Gasteiger partial charge in [0.05, 0.1) is 6.21 Å². The molecule has 1 rings (SSSR count). The molecule has 0 radical (unpaired) electrons. The minimum atomic E-state index is -1.28. The van der Waals surface area contributed by atoms with Crippen LogP contribution in [0.1, 0.15) is 38.6 Å². The molecule has 0 aliphatic rings. The third-order valence-electron chi connectivity index (χ3n) is 2.56. The molecular weight excluding hydrogens is 333 g/mol. The van der Waals surface area contributed by atoms with Gasteiger partial charge in [0.2, 0.25) is 0 Å². The predicted molar refractivity (Wildman–Crippen MR) is 85.9 cm³/mol. The maximum atomic E-state index is 13.3. The fourth-order valence-electron chi connectivity index (χ4n) is 1.57. The van der Waals surface area contributed by atoms with Crippen LogP contribution in [0.2, 0.25) is 0 Å². The molecule has 0 aliphatic heterocycles. The second kappa shape index (κ2) is 8.63. The van der Waals surface area contributed by atoms with Crippen molar-refractivity contribution >= 4 is 18.3 Å². The highest BCUT2D eigenvalue weighted by molar-refractivity contribution is 5.80. The Balaban J connectivity index is 2.80. The Morgan fingerprint density at radius 2 is 2.16 bits per heavy atom. The number of nitrogens with one attached hydrogen (secondary N) is 1. The summed E-state index contributed by atoms with van der Waals surface area (Å²) in [4.78, 5) is 26.6.